The summed E-state index contributed by atoms with van der Waals surface area (Å²) in [5.41, 5.74) is 1.21. The first kappa shape index (κ1) is 16.1. The Balaban J connectivity index is 1.60. The molecular formula is C16H20FN3O2S. The van der Waals surface area contributed by atoms with E-state index in [-0.39, 0.29) is 17.9 Å². The highest BCUT2D eigenvalue weighted by Crippen LogP contribution is 2.39. The van der Waals surface area contributed by atoms with Crippen LogP contribution in [0.3, 0.4) is 0 Å². The molecule has 0 amide bonds. The van der Waals surface area contributed by atoms with Gasteiger partial charge in [0.2, 0.25) is 10.0 Å². The average molecular weight is 337 g/mol. The predicted molar refractivity (Wildman–Crippen MR) is 86.0 cm³/mol. The second kappa shape index (κ2) is 6.41. The van der Waals surface area contributed by atoms with Gasteiger partial charge >= 0.3 is 0 Å². The Labute approximate surface area is 135 Å². The van der Waals surface area contributed by atoms with Gasteiger partial charge in [-0.2, -0.15) is 0 Å². The molecule has 7 heteroatoms. The Morgan fingerprint density at radius 2 is 2.09 bits per heavy atom. The smallest absolute Gasteiger partial charge is 0.215 e. The summed E-state index contributed by atoms with van der Waals surface area (Å²) in [5, 5.41) is 0. The molecule has 1 heterocycles. The maximum absolute atomic E-state index is 13.6. The highest BCUT2D eigenvalue weighted by Gasteiger charge is 2.28. The van der Waals surface area contributed by atoms with Crippen molar-refractivity contribution in [2.75, 3.05) is 6.54 Å². The van der Waals surface area contributed by atoms with Crippen LogP contribution in [-0.4, -0.2) is 24.5 Å². The molecule has 1 aromatic carbocycles. The lowest BCUT2D eigenvalue weighted by molar-refractivity contribution is 0.562. The number of sulfonamides is 1. The Kier molecular flexibility index (Phi) is 4.50. The summed E-state index contributed by atoms with van der Waals surface area (Å²) in [6, 6.07) is 5.92. The Morgan fingerprint density at radius 3 is 2.78 bits per heavy atom. The van der Waals surface area contributed by atoms with Crippen molar-refractivity contribution in [3.8, 4) is 0 Å². The van der Waals surface area contributed by atoms with E-state index in [0.29, 0.717) is 12.5 Å². The number of rotatable bonds is 7. The van der Waals surface area contributed by atoms with Crippen molar-refractivity contribution in [1.82, 2.24) is 14.3 Å². The van der Waals surface area contributed by atoms with Gasteiger partial charge in [-0.25, -0.2) is 22.5 Å². The van der Waals surface area contributed by atoms with Crippen LogP contribution in [-0.2, 0) is 22.3 Å². The van der Waals surface area contributed by atoms with Gasteiger partial charge in [0, 0.05) is 36.5 Å². The van der Waals surface area contributed by atoms with Gasteiger partial charge in [0.05, 0.1) is 5.75 Å². The predicted octanol–water partition coefficient (Wildman–Crippen LogP) is 2.33. The van der Waals surface area contributed by atoms with E-state index >= 15 is 0 Å². The van der Waals surface area contributed by atoms with Crippen LogP contribution in [0.1, 0.15) is 35.8 Å². The minimum atomic E-state index is -3.56. The third-order valence-electron chi connectivity index (χ3n) is 3.99. The van der Waals surface area contributed by atoms with Crippen molar-refractivity contribution in [2.24, 2.45) is 0 Å². The highest BCUT2D eigenvalue weighted by atomic mass is 32.2. The summed E-state index contributed by atoms with van der Waals surface area (Å²) < 4.78 is 42.4. The second-order valence-corrected chi connectivity index (χ2v) is 7.74. The molecule has 1 aromatic heterocycles. The third kappa shape index (κ3) is 3.97. The van der Waals surface area contributed by atoms with E-state index in [9.17, 15) is 12.8 Å². The van der Waals surface area contributed by atoms with Crippen molar-refractivity contribution >= 4 is 10.0 Å². The number of aromatic nitrogens is 2. The molecule has 124 valence electrons. The third-order valence-corrected chi connectivity index (χ3v) is 5.32. The number of nitrogens with zero attached hydrogens (tertiary/aromatic N) is 2. The number of hydrogen-bond donors (Lipinski definition) is 1. The van der Waals surface area contributed by atoms with Gasteiger partial charge < -0.3 is 4.57 Å². The molecule has 0 unspecified atom stereocenters. The molecule has 3 rings (SSSR count). The summed E-state index contributed by atoms with van der Waals surface area (Å²) in [6.45, 7) is 2.77. The SMILES string of the molecule is Cc1cnc(C2CC2)n1CCNS(=O)(=O)Cc1ccccc1F. The van der Waals surface area contributed by atoms with Crippen LogP contribution >= 0.6 is 0 Å². The van der Waals surface area contributed by atoms with Crippen LogP contribution < -0.4 is 4.72 Å². The first-order chi connectivity index (χ1) is 11.0. The number of benzene rings is 1. The van der Waals surface area contributed by atoms with Crippen molar-refractivity contribution < 1.29 is 12.8 Å². The fourth-order valence-corrected chi connectivity index (χ4v) is 3.77. The number of imidazole rings is 1. The largest absolute Gasteiger partial charge is 0.331 e. The van der Waals surface area contributed by atoms with Crippen LogP contribution in [0.2, 0.25) is 0 Å². The van der Waals surface area contributed by atoms with Crippen LogP contribution in [0.25, 0.3) is 0 Å². The summed E-state index contributed by atoms with van der Waals surface area (Å²) in [5.74, 6) is 0.701. The van der Waals surface area contributed by atoms with Gasteiger partial charge in [-0.05, 0) is 25.8 Å². The van der Waals surface area contributed by atoms with Crippen molar-refractivity contribution in [3.63, 3.8) is 0 Å². The molecule has 1 aliphatic carbocycles. The van der Waals surface area contributed by atoms with E-state index in [1.165, 1.54) is 12.1 Å². The molecule has 0 bridgehead atoms. The lowest BCUT2D eigenvalue weighted by Gasteiger charge is -2.11. The van der Waals surface area contributed by atoms with Gasteiger partial charge in [-0.3, -0.25) is 0 Å². The summed E-state index contributed by atoms with van der Waals surface area (Å²) >= 11 is 0. The molecule has 2 aromatic rings. The molecule has 0 radical (unpaired) electrons. The van der Waals surface area contributed by atoms with Gasteiger partial charge in [-0.15, -0.1) is 0 Å². The zero-order valence-electron chi connectivity index (χ0n) is 13.0. The molecule has 1 N–H and O–H groups in total. The summed E-state index contributed by atoms with van der Waals surface area (Å²) in [4.78, 5) is 4.41. The standard InChI is InChI=1S/C16H20FN3O2S/c1-12-10-18-16(13-6-7-13)20(12)9-8-19-23(21,22)11-14-4-2-3-5-15(14)17/h2-5,10,13,19H,6-9,11H2,1H3. The van der Waals surface area contributed by atoms with E-state index in [4.69, 9.17) is 0 Å². The first-order valence-corrected chi connectivity index (χ1v) is 9.34. The lowest BCUT2D eigenvalue weighted by atomic mass is 10.2. The van der Waals surface area contributed by atoms with E-state index in [1.807, 2.05) is 13.1 Å². The zero-order chi connectivity index (χ0) is 16.4. The molecule has 1 saturated carbocycles. The number of nitrogens with one attached hydrogen (secondary N) is 1. The number of halogens is 1. The Hall–Kier alpha value is -1.73. The van der Waals surface area contributed by atoms with E-state index in [0.717, 1.165) is 24.4 Å². The maximum Gasteiger partial charge on any atom is 0.215 e. The van der Waals surface area contributed by atoms with Crippen LogP contribution in [0, 0.1) is 12.7 Å². The fourth-order valence-electron chi connectivity index (χ4n) is 2.62. The van der Waals surface area contributed by atoms with Crippen molar-refractivity contribution in [1.29, 1.82) is 0 Å². The van der Waals surface area contributed by atoms with Gasteiger partial charge in [-0.1, -0.05) is 18.2 Å². The molecule has 1 aliphatic rings. The van der Waals surface area contributed by atoms with Gasteiger partial charge in [0.15, 0.2) is 0 Å². The van der Waals surface area contributed by atoms with Gasteiger partial charge in [0.1, 0.15) is 11.6 Å². The minimum Gasteiger partial charge on any atom is -0.331 e. The summed E-state index contributed by atoms with van der Waals surface area (Å²) in [6.07, 6.45) is 4.12. The zero-order valence-corrected chi connectivity index (χ0v) is 13.8. The van der Waals surface area contributed by atoms with E-state index in [1.54, 1.807) is 12.1 Å². The minimum absolute atomic E-state index is 0.178. The summed E-state index contributed by atoms with van der Waals surface area (Å²) in [7, 11) is -3.56. The molecule has 5 nitrogen and oxygen atoms in total. The molecule has 0 atom stereocenters. The molecule has 0 saturated heterocycles. The molecule has 1 fully saturated rings. The monoisotopic (exact) mass is 337 g/mol. The average Bonchev–Trinajstić information content (AvgIpc) is 3.27. The molecule has 0 aliphatic heterocycles. The topological polar surface area (TPSA) is 64.0 Å². The lowest BCUT2D eigenvalue weighted by Crippen LogP contribution is -2.29. The molecular weight excluding hydrogens is 317 g/mol. The first-order valence-electron chi connectivity index (χ1n) is 7.69. The van der Waals surface area contributed by atoms with Crippen LogP contribution in [0.4, 0.5) is 4.39 Å². The van der Waals surface area contributed by atoms with E-state index < -0.39 is 15.8 Å². The van der Waals surface area contributed by atoms with Gasteiger partial charge in [0.25, 0.3) is 0 Å². The second-order valence-electron chi connectivity index (χ2n) is 5.93. The van der Waals surface area contributed by atoms with Crippen molar-refractivity contribution in [2.45, 2.75) is 38.0 Å². The highest BCUT2D eigenvalue weighted by molar-refractivity contribution is 7.88. The Morgan fingerprint density at radius 1 is 1.35 bits per heavy atom. The van der Waals surface area contributed by atoms with Crippen molar-refractivity contribution in [3.05, 3.63) is 53.4 Å². The van der Waals surface area contributed by atoms with Crippen LogP contribution in [0.5, 0.6) is 0 Å². The quantitative estimate of drug-likeness (QED) is 0.843. The van der Waals surface area contributed by atoms with E-state index in [2.05, 4.69) is 14.3 Å². The number of aryl methyl sites for hydroxylation is 1. The Bertz CT molecular complexity index is 797. The fraction of sp³-hybridized carbons (Fsp3) is 0.438. The molecule has 0 spiro atoms. The number of hydrogen-bond acceptors (Lipinski definition) is 3. The maximum atomic E-state index is 13.6. The normalized spacial score (nSPS) is 15.0. The van der Waals surface area contributed by atoms with Crippen LogP contribution in [0.15, 0.2) is 30.5 Å². The molecule has 23 heavy (non-hydrogen) atoms.